The molecule has 0 aromatic heterocycles. The summed E-state index contributed by atoms with van der Waals surface area (Å²) in [5, 5.41) is 20.5. The van der Waals surface area contributed by atoms with Gasteiger partial charge in [0.25, 0.3) is 0 Å². The van der Waals surface area contributed by atoms with Crippen molar-refractivity contribution in [3.63, 3.8) is 0 Å². The van der Waals surface area contributed by atoms with Crippen molar-refractivity contribution in [1.82, 2.24) is 0 Å². The highest BCUT2D eigenvalue weighted by atomic mass is 16.5. The van der Waals surface area contributed by atoms with E-state index < -0.39 is 41.0 Å². The van der Waals surface area contributed by atoms with Crippen LogP contribution < -0.4 is 0 Å². The van der Waals surface area contributed by atoms with E-state index >= 15 is 0 Å². The molecule has 2 aromatic carbocycles. The molecule has 5 atom stereocenters. The van der Waals surface area contributed by atoms with Crippen LogP contribution in [0.4, 0.5) is 0 Å². The highest BCUT2D eigenvalue weighted by molar-refractivity contribution is 5.84. The lowest BCUT2D eigenvalue weighted by Crippen LogP contribution is -2.49. The molecule has 0 radical (unpaired) electrons. The Morgan fingerprint density at radius 1 is 0.886 bits per heavy atom. The molecule has 0 spiro atoms. The third-order valence-electron chi connectivity index (χ3n) is 6.55. The Morgan fingerprint density at radius 2 is 1.37 bits per heavy atom. The summed E-state index contributed by atoms with van der Waals surface area (Å²) in [6.45, 7) is -0.511. The molecule has 1 aliphatic rings. The molecule has 0 N–H and O–H groups in total. The Balaban J connectivity index is 2.19. The van der Waals surface area contributed by atoms with E-state index in [0.717, 1.165) is 11.1 Å². The summed E-state index contributed by atoms with van der Waals surface area (Å²) in [6, 6.07) is 22.6. The molecule has 3 rings (SSSR count). The lowest BCUT2D eigenvalue weighted by molar-refractivity contribution is -0.156. The van der Waals surface area contributed by atoms with E-state index in [4.69, 9.17) is 22.3 Å². The van der Waals surface area contributed by atoms with Gasteiger partial charge in [-0.25, -0.2) is 0 Å². The van der Waals surface area contributed by atoms with Gasteiger partial charge in [0.2, 0.25) is 0 Å². The number of nitrogens with zero attached hydrogens (tertiary/aromatic N) is 2. The second-order valence-electron chi connectivity index (χ2n) is 8.34. The summed E-state index contributed by atoms with van der Waals surface area (Å²) in [4.78, 5) is 26.3. The van der Waals surface area contributed by atoms with E-state index in [2.05, 4.69) is 24.0 Å². The molecule has 6 heteroatoms. The second-order valence-corrected chi connectivity index (χ2v) is 8.34. The smallest absolute Gasteiger partial charge is 0.328 e. The van der Waals surface area contributed by atoms with Crippen LogP contribution >= 0.6 is 0 Å². The zero-order chi connectivity index (χ0) is 25.3. The fraction of sp³-hybridized carbons (Fsp3) is 0.310. The molecule has 1 aliphatic carbocycles. The molecular formula is C29H24N2O4. The van der Waals surface area contributed by atoms with Gasteiger partial charge < -0.3 is 9.47 Å². The number of ether oxygens (including phenoxy) is 2. The second kappa shape index (κ2) is 11.6. The molecule has 1 fully saturated rings. The lowest BCUT2D eigenvalue weighted by atomic mass is 9.53. The maximum Gasteiger partial charge on any atom is 0.328 e. The Morgan fingerprint density at radius 3 is 1.80 bits per heavy atom. The van der Waals surface area contributed by atoms with Crippen molar-refractivity contribution in [2.75, 3.05) is 13.2 Å². The first kappa shape index (κ1) is 25.1. The number of esters is 2. The van der Waals surface area contributed by atoms with Crippen LogP contribution in [0.15, 0.2) is 60.7 Å². The zero-order valence-electron chi connectivity index (χ0n) is 19.1. The van der Waals surface area contributed by atoms with E-state index in [1.807, 2.05) is 60.7 Å². The number of hydrogen-bond acceptors (Lipinski definition) is 6. The van der Waals surface area contributed by atoms with Crippen LogP contribution in [0.1, 0.15) is 35.8 Å². The summed E-state index contributed by atoms with van der Waals surface area (Å²) in [5.74, 6) is 0.141. The van der Waals surface area contributed by atoms with Gasteiger partial charge in [-0.2, -0.15) is 10.5 Å². The third kappa shape index (κ3) is 5.04. The minimum absolute atomic E-state index is 0.218. The summed E-state index contributed by atoms with van der Waals surface area (Å²) >= 11 is 0. The van der Waals surface area contributed by atoms with Crippen LogP contribution in [0.3, 0.4) is 0 Å². The number of benzene rings is 2. The largest absolute Gasteiger partial charge is 0.452 e. The Kier molecular flexibility index (Phi) is 8.29. The van der Waals surface area contributed by atoms with Gasteiger partial charge in [0, 0.05) is 11.8 Å². The molecule has 6 nitrogen and oxygen atoms in total. The van der Waals surface area contributed by atoms with Crippen molar-refractivity contribution in [3.05, 3.63) is 71.8 Å². The first-order valence-electron chi connectivity index (χ1n) is 11.1. The van der Waals surface area contributed by atoms with Gasteiger partial charge in [0.1, 0.15) is 5.92 Å². The van der Waals surface area contributed by atoms with Crippen LogP contribution in [0.25, 0.3) is 0 Å². The van der Waals surface area contributed by atoms with Gasteiger partial charge in [-0.1, -0.05) is 72.5 Å². The van der Waals surface area contributed by atoms with Crippen molar-refractivity contribution in [1.29, 1.82) is 10.5 Å². The first-order valence-corrected chi connectivity index (χ1v) is 11.1. The molecule has 1 saturated carbocycles. The van der Waals surface area contributed by atoms with Crippen molar-refractivity contribution >= 4 is 11.9 Å². The number of terminal acetylenes is 2. The summed E-state index contributed by atoms with van der Waals surface area (Å²) < 4.78 is 10.5. The number of carbonyl (C=O) groups excluding carboxylic acids is 2. The van der Waals surface area contributed by atoms with Crippen LogP contribution in [-0.4, -0.2) is 25.2 Å². The van der Waals surface area contributed by atoms with Crippen LogP contribution in [0.2, 0.25) is 0 Å². The topological polar surface area (TPSA) is 100 Å². The van der Waals surface area contributed by atoms with Crippen molar-refractivity contribution in [3.8, 4) is 36.8 Å². The van der Waals surface area contributed by atoms with Gasteiger partial charge >= 0.3 is 11.9 Å². The predicted octanol–water partition coefficient (Wildman–Crippen LogP) is 3.97. The predicted molar refractivity (Wildman–Crippen MR) is 128 cm³/mol. The molecular weight excluding hydrogens is 440 g/mol. The number of hydrogen-bond donors (Lipinski definition) is 0. The van der Waals surface area contributed by atoms with Gasteiger partial charge in [-0.15, -0.1) is 12.8 Å². The highest BCUT2D eigenvalue weighted by Gasteiger charge is 2.59. The summed E-state index contributed by atoms with van der Waals surface area (Å²) in [6.07, 6.45) is 11.0. The number of carbonyl (C=O) groups is 2. The summed E-state index contributed by atoms with van der Waals surface area (Å²) in [5.41, 5.74) is -0.171. The van der Waals surface area contributed by atoms with E-state index in [1.165, 1.54) is 0 Å². The van der Waals surface area contributed by atoms with Crippen molar-refractivity contribution < 1.29 is 19.1 Å². The molecule has 0 aliphatic heterocycles. The van der Waals surface area contributed by atoms with Crippen LogP contribution in [-0.2, 0) is 19.1 Å². The third-order valence-corrected chi connectivity index (χ3v) is 6.55. The monoisotopic (exact) mass is 464 g/mol. The van der Waals surface area contributed by atoms with Gasteiger partial charge in [-0.3, -0.25) is 9.59 Å². The zero-order valence-corrected chi connectivity index (χ0v) is 19.1. The highest BCUT2D eigenvalue weighted by Crippen LogP contribution is 2.58. The molecule has 0 heterocycles. The van der Waals surface area contributed by atoms with Gasteiger partial charge in [-0.05, 0) is 29.9 Å². The number of nitriles is 2. The standard InChI is InChI=1S/C29H24N2O4/c1-3-15-34-27(32)24(19-30)23-17-25(21-11-7-5-8-12-21)29(20-31,28(33)35-16-4-2)26(18-23)22-13-9-6-10-14-22/h1-2,5-14,23-26H,15-18H2/t23?,24?,25-,26+,29?. The molecule has 0 amide bonds. The molecule has 35 heavy (non-hydrogen) atoms. The first-order chi connectivity index (χ1) is 17.0. The van der Waals surface area contributed by atoms with Crippen molar-refractivity contribution in [2.45, 2.75) is 24.7 Å². The average Bonchev–Trinajstić information content (AvgIpc) is 2.91. The molecule has 174 valence electrons. The number of rotatable bonds is 7. The van der Waals surface area contributed by atoms with Gasteiger partial charge in [0.15, 0.2) is 18.6 Å². The SMILES string of the molecule is C#CCOC(=O)C(C#N)C1C[C@H](c2ccccc2)C(C#N)(C(=O)OCC#C)[C@H](c2ccccc2)C1. The van der Waals surface area contributed by atoms with E-state index in [0.29, 0.717) is 0 Å². The molecule has 2 aromatic rings. The van der Waals surface area contributed by atoms with Crippen molar-refractivity contribution in [2.24, 2.45) is 17.3 Å². The minimum Gasteiger partial charge on any atom is -0.452 e. The van der Waals surface area contributed by atoms with E-state index in [-0.39, 0.29) is 26.1 Å². The quantitative estimate of drug-likeness (QED) is 0.454. The Bertz CT molecular complexity index is 1160. The molecule has 0 bridgehead atoms. The van der Waals surface area contributed by atoms with Gasteiger partial charge in [0.05, 0.1) is 12.1 Å². The van der Waals surface area contributed by atoms with Crippen LogP contribution in [0, 0.1) is 64.6 Å². The molecule has 0 saturated heterocycles. The maximum atomic E-state index is 13.6. The van der Waals surface area contributed by atoms with Crippen LogP contribution in [0.5, 0.6) is 0 Å². The fourth-order valence-electron chi connectivity index (χ4n) is 5.02. The minimum atomic E-state index is -1.63. The Hall–Kier alpha value is -4.52. The average molecular weight is 465 g/mol. The normalized spacial score (nSPS) is 23.8. The lowest BCUT2D eigenvalue weighted by Gasteiger charge is -2.47. The Labute approximate surface area is 205 Å². The van der Waals surface area contributed by atoms with E-state index in [9.17, 15) is 20.1 Å². The summed E-state index contributed by atoms with van der Waals surface area (Å²) in [7, 11) is 0. The van der Waals surface area contributed by atoms with E-state index in [1.54, 1.807) is 0 Å². The fourth-order valence-corrected chi connectivity index (χ4v) is 5.02. The molecule has 3 unspecified atom stereocenters. The maximum absolute atomic E-state index is 13.6.